The molecule has 0 fully saturated rings. The molecule has 0 aromatic heterocycles. The second-order valence-corrected chi connectivity index (χ2v) is 6.44. The maximum atomic E-state index is 11.3. The number of aliphatic imine (C=N–C) groups is 1. The molecule has 1 atom stereocenters. The lowest BCUT2D eigenvalue weighted by atomic mass is 10.0. The van der Waals surface area contributed by atoms with Crippen LogP contribution in [0.15, 0.2) is 4.99 Å². The fourth-order valence-electron chi connectivity index (χ4n) is 1.90. The summed E-state index contributed by atoms with van der Waals surface area (Å²) < 4.78 is 0. The highest BCUT2D eigenvalue weighted by Crippen LogP contribution is 2.07. The van der Waals surface area contributed by atoms with Crippen molar-refractivity contribution < 1.29 is 4.79 Å². The van der Waals surface area contributed by atoms with E-state index in [1.54, 1.807) is 0 Å². The van der Waals surface area contributed by atoms with Gasteiger partial charge in [-0.05, 0) is 25.7 Å². The van der Waals surface area contributed by atoms with Gasteiger partial charge in [-0.3, -0.25) is 9.79 Å². The third-order valence-corrected chi connectivity index (χ3v) is 3.25. The SMILES string of the molecule is CC(C)CCCC(C)NC(N)=NCCCNC(=O)C(C)C. The highest BCUT2D eigenvalue weighted by Gasteiger charge is 2.05. The lowest BCUT2D eigenvalue weighted by Crippen LogP contribution is -2.38. The van der Waals surface area contributed by atoms with Gasteiger partial charge in [-0.15, -0.1) is 0 Å². The van der Waals surface area contributed by atoms with Gasteiger partial charge in [0.1, 0.15) is 0 Å². The molecule has 1 unspecified atom stereocenters. The van der Waals surface area contributed by atoms with Crippen molar-refractivity contribution >= 4 is 11.9 Å². The topological polar surface area (TPSA) is 79.5 Å². The number of carbonyl (C=O) groups excluding carboxylic acids is 1. The molecule has 0 aromatic rings. The molecule has 0 aliphatic heterocycles. The van der Waals surface area contributed by atoms with Gasteiger partial charge in [0.05, 0.1) is 0 Å². The molecule has 0 heterocycles. The average molecular weight is 298 g/mol. The van der Waals surface area contributed by atoms with Crippen molar-refractivity contribution in [1.82, 2.24) is 10.6 Å². The number of guanidine groups is 1. The summed E-state index contributed by atoms with van der Waals surface area (Å²) >= 11 is 0. The Morgan fingerprint density at radius 1 is 1.10 bits per heavy atom. The van der Waals surface area contributed by atoms with Crippen LogP contribution in [0.2, 0.25) is 0 Å². The van der Waals surface area contributed by atoms with E-state index in [2.05, 4.69) is 36.4 Å². The van der Waals surface area contributed by atoms with E-state index < -0.39 is 0 Å². The Morgan fingerprint density at radius 2 is 1.76 bits per heavy atom. The van der Waals surface area contributed by atoms with E-state index in [0.29, 0.717) is 25.1 Å². The lowest BCUT2D eigenvalue weighted by Gasteiger charge is -2.15. The average Bonchev–Trinajstić information content (AvgIpc) is 2.37. The van der Waals surface area contributed by atoms with E-state index in [1.165, 1.54) is 12.8 Å². The van der Waals surface area contributed by atoms with E-state index >= 15 is 0 Å². The maximum Gasteiger partial charge on any atom is 0.222 e. The minimum atomic E-state index is 0.0342. The maximum absolute atomic E-state index is 11.3. The Labute approximate surface area is 130 Å². The van der Waals surface area contributed by atoms with Crippen LogP contribution in [0.25, 0.3) is 0 Å². The number of nitrogens with zero attached hydrogens (tertiary/aromatic N) is 1. The Balaban J connectivity index is 3.70. The third-order valence-electron chi connectivity index (χ3n) is 3.25. The van der Waals surface area contributed by atoms with Crippen LogP contribution in [0.4, 0.5) is 0 Å². The largest absolute Gasteiger partial charge is 0.370 e. The monoisotopic (exact) mass is 298 g/mol. The molecule has 1 amide bonds. The molecule has 21 heavy (non-hydrogen) atoms. The molecule has 0 saturated heterocycles. The zero-order valence-corrected chi connectivity index (χ0v) is 14.4. The number of nitrogens with two attached hydrogens (primary N) is 1. The molecule has 0 spiro atoms. The zero-order valence-electron chi connectivity index (χ0n) is 14.4. The van der Waals surface area contributed by atoms with Gasteiger partial charge in [-0.25, -0.2) is 0 Å². The predicted octanol–water partition coefficient (Wildman–Crippen LogP) is 2.27. The van der Waals surface area contributed by atoms with Crippen LogP contribution in [0.3, 0.4) is 0 Å². The van der Waals surface area contributed by atoms with Gasteiger partial charge in [0.25, 0.3) is 0 Å². The minimum Gasteiger partial charge on any atom is -0.370 e. The number of hydrogen-bond donors (Lipinski definition) is 3. The van der Waals surface area contributed by atoms with Gasteiger partial charge < -0.3 is 16.4 Å². The van der Waals surface area contributed by atoms with Crippen LogP contribution in [0, 0.1) is 11.8 Å². The van der Waals surface area contributed by atoms with Gasteiger partial charge in [0.2, 0.25) is 5.91 Å². The van der Waals surface area contributed by atoms with Crippen molar-refractivity contribution in [2.75, 3.05) is 13.1 Å². The minimum absolute atomic E-state index is 0.0342. The predicted molar refractivity (Wildman–Crippen MR) is 90.2 cm³/mol. The van der Waals surface area contributed by atoms with Crippen LogP contribution in [0.5, 0.6) is 0 Å². The van der Waals surface area contributed by atoms with Crippen molar-refractivity contribution in [2.45, 2.75) is 66.3 Å². The second-order valence-electron chi connectivity index (χ2n) is 6.44. The summed E-state index contributed by atoms with van der Waals surface area (Å²) in [5.74, 6) is 1.38. The summed E-state index contributed by atoms with van der Waals surface area (Å²) in [4.78, 5) is 15.6. The molecular formula is C16H34N4O. The van der Waals surface area contributed by atoms with E-state index in [9.17, 15) is 4.79 Å². The molecule has 4 N–H and O–H groups in total. The van der Waals surface area contributed by atoms with Crippen molar-refractivity contribution in [1.29, 1.82) is 0 Å². The summed E-state index contributed by atoms with van der Waals surface area (Å²) in [6.45, 7) is 11.7. The van der Waals surface area contributed by atoms with Crippen molar-refractivity contribution in [2.24, 2.45) is 22.6 Å². The van der Waals surface area contributed by atoms with E-state index in [1.807, 2.05) is 13.8 Å². The van der Waals surface area contributed by atoms with Crippen LogP contribution >= 0.6 is 0 Å². The zero-order chi connectivity index (χ0) is 16.3. The number of amides is 1. The molecule has 0 aromatic carbocycles. The first kappa shape index (κ1) is 19.7. The van der Waals surface area contributed by atoms with Gasteiger partial charge in [0.15, 0.2) is 5.96 Å². The fraction of sp³-hybridized carbons (Fsp3) is 0.875. The molecule has 5 heteroatoms. The first-order chi connectivity index (χ1) is 9.82. The summed E-state index contributed by atoms with van der Waals surface area (Å²) in [7, 11) is 0. The van der Waals surface area contributed by atoms with Crippen LogP contribution in [-0.2, 0) is 4.79 Å². The van der Waals surface area contributed by atoms with Crippen LogP contribution in [-0.4, -0.2) is 31.0 Å². The normalized spacial score (nSPS) is 13.6. The number of carbonyl (C=O) groups is 1. The molecule has 0 rings (SSSR count). The summed E-state index contributed by atoms with van der Waals surface area (Å²) in [6, 6.07) is 0.355. The van der Waals surface area contributed by atoms with Crippen molar-refractivity contribution in [3.05, 3.63) is 0 Å². The molecule has 5 nitrogen and oxygen atoms in total. The molecule has 124 valence electrons. The van der Waals surface area contributed by atoms with Crippen LogP contribution in [0.1, 0.15) is 60.3 Å². The molecule has 0 bridgehead atoms. The second kappa shape index (κ2) is 11.4. The van der Waals surface area contributed by atoms with Gasteiger partial charge >= 0.3 is 0 Å². The van der Waals surface area contributed by atoms with Gasteiger partial charge in [-0.1, -0.05) is 40.5 Å². The smallest absolute Gasteiger partial charge is 0.222 e. The van der Waals surface area contributed by atoms with E-state index in [-0.39, 0.29) is 11.8 Å². The Kier molecular flexibility index (Phi) is 10.7. The molecule has 0 saturated carbocycles. The van der Waals surface area contributed by atoms with E-state index in [4.69, 9.17) is 5.73 Å². The Morgan fingerprint density at radius 3 is 2.33 bits per heavy atom. The van der Waals surface area contributed by atoms with Crippen LogP contribution < -0.4 is 16.4 Å². The van der Waals surface area contributed by atoms with Crippen molar-refractivity contribution in [3.63, 3.8) is 0 Å². The van der Waals surface area contributed by atoms with E-state index in [0.717, 1.165) is 18.8 Å². The Hall–Kier alpha value is -1.26. The summed E-state index contributed by atoms with van der Waals surface area (Å²) in [5.41, 5.74) is 5.85. The lowest BCUT2D eigenvalue weighted by molar-refractivity contribution is -0.123. The summed E-state index contributed by atoms with van der Waals surface area (Å²) in [6.07, 6.45) is 4.38. The highest BCUT2D eigenvalue weighted by atomic mass is 16.1. The summed E-state index contributed by atoms with van der Waals surface area (Å²) in [5, 5.41) is 6.08. The number of rotatable bonds is 10. The third kappa shape index (κ3) is 12.2. The number of nitrogens with one attached hydrogen (secondary N) is 2. The molecule has 0 aliphatic carbocycles. The standard InChI is InChI=1S/C16H34N4O/c1-12(2)8-6-9-14(5)20-16(17)19-11-7-10-18-15(21)13(3)4/h12-14H,6-11H2,1-5H3,(H,18,21)(H3,17,19,20). The quantitative estimate of drug-likeness (QED) is 0.329. The Bertz CT molecular complexity index is 313. The molecule has 0 aliphatic rings. The number of hydrogen-bond acceptors (Lipinski definition) is 2. The fourth-order valence-corrected chi connectivity index (χ4v) is 1.90. The first-order valence-electron chi connectivity index (χ1n) is 8.17. The first-order valence-corrected chi connectivity index (χ1v) is 8.17. The van der Waals surface area contributed by atoms with Gasteiger partial charge in [0, 0.05) is 25.0 Å². The van der Waals surface area contributed by atoms with Crippen molar-refractivity contribution in [3.8, 4) is 0 Å². The van der Waals surface area contributed by atoms with Gasteiger partial charge in [-0.2, -0.15) is 0 Å². The molecule has 0 radical (unpaired) electrons. The molecular weight excluding hydrogens is 264 g/mol. The highest BCUT2D eigenvalue weighted by molar-refractivity contribution is 5.78.